The number of anilines is 1. The third kappa shape index (κ3) is 5.98. The van der Waals surface area contributed by atoms with Gasteiger partial charge in [-0.2, -0.15) is 0 Å². The number of hydrogen-bond donors (Lipinski definition) is 1. The van der Waals surface area contributed by atoms with Crippen LogP contribution in [0.1, 0.15) is 65.3 Å². The van der Waals surface area contributed by atoms with Crippen LogP contribution in [0.4, 0.5) is 5.95 Å². The van der Waals surface area contributed by atoms with Gasteiger partial charge in [-0.1, -0.05) is 20.8 Å². The Bertz CT molecular complexity index is 590. The van der Waals surface area contributed by atoms with E-state index in [1.54, 1.807) is 0 Å². The highest BCUT2D eigenvalue weighted by molar-refractivity contribution is 5.79. The average molecular weight is 347 g/mol. The van der Waals surface area contributed by atoms with Crippen LogP contribution in [-0.4, -0.2) is 34.5 Å². The highest BCUT2D eigenvalue weighted by Crippen LogP contribution is 2.28. The van der Waals surface area contributed by atoms with Gasteiger partial charge >= 0.3 is 0 Å². The predicted octanol–water partition coefficient (Wildman–Crippen LogP) is 3.64. The van der Waals surface area contributed by atoms with Gasteiger partial charge in [0.1, 0.15) is 0 Å². The number of nitrogens with one attached hydrogen (secondary N) is 1. The van der Waals surface area contributed by atoms with Gasteiger partial charge in [0.15, 0.2) is 0 Å². The predicted molar refractivity (Wildman–Crippen MR) is 103 cm³/mol. The average Bonchev–Trinajstić information content (AvgIpc) is 2.43. The molecule has 0 aliphatic carbocycles. The number of carbonyl (C=O) groups excluding carboxylic acids is 1. The molecule has 0 spiro atoms. The first-order valence-electron chi connectivity index (χ1n) is 9.34. The van der Waals surface area contributed by atoms with Gasteiger partial charge in [0.05, 0.1) is 0 Å². The molecule has 2 heterocycles. The summed E-state index contributed by atoms with van der Waals surface area (Å²) in [5.74, 6) is 1.07. The molecular weight excluding hydrogens is 312 g/mol. The van der Waals surface area contributed by atoms with Crippen molar-refractivity contribution in [1.29, 1.82) is 0 Å². The van der Waals surface area contributed by atoms with Crippen LogP contribution in [0, 0.1) is 25.2 Å². The molecule has 25 heavy (non-hydrogen) atoms. The highest BCUT2D eigenvalue weighted by atomic mass is 16.2. The summed E-state index contributed by atoms with van der Waals surface area (Å²) < 4.78 is 0. The smallest absolute Gasteiger partial charge is 0.225 e. The van der Waals surface area contributed by atoms with Crippen LogP contribution in [-0.2, 0) is 4.79 Å². The number of aromatic nitrogens is 2. The van der Waals surface area contributed by atoms with Gasteiger partial charge in [0, 0.05) is 35.9 Å². The van der Waals surface area contributed by atoms with E-state index in [1.165, 1.54) is 0 Å². The van der Waals surface area contributed by atoms with Crippen molar-refractivity contribution in [2.24, 2.45) is 11.3 Å². The molecule has 0 radical (unpaired) electrons. The van der Waals surface area contributed by atoms with Gasteiger partial charge in [-0.15, -0.1) is 0 Å². The maximum absolute atomic E-state index is 12.7. The Kier molecular flexibility index (Phi) is 5.75. The number of hydrogen-bond acceptors (Lipinski definition) is 4. The fourth-order valence-corrected chi connectivity index (χ4v) is 4.00. The molecule has 0 bridgehead atoms. The van der Waals surface area contributed by atoms with Crippen molar-refractivity contribution < 1.29 is 4.79 Å². The molecule has 1 aromatic rings. The number of amides is 1. The fraction of sp³-hybridized carbons (Fsp3) is 0.750. The lowest BCUT2D eigenvalue weighted by Gasteiger charge is -2.36. The van der Waals surface area contributed by atoms with E-state index in [2.05, 4.69) is 54.8 Å². The third-order valence-electron chi connectivity index (χ3n) is 4.55. The summed E-state index contributed by atoms with van der Waals surface area (Å²) >= 11 is 0. The first kappa shape index (κ1) is 19.7. The van der Waals surface area contributed by atoms with E-state index in [9.17, 15) is 4.79 Å². The normalized spacial score (nSPS) is 16.8. The Morgan fingerprint density at radius 2 is 1.64 bits per heavy atom. The SMILES string of the molecule is Cc1cc(C)nc(N2CCC(C(=O)NC(C)(C)CC(C)(C)C)CC2)n1. The summed E-state index contributed by atoms with van der Waals surface area (Å²) in [6, 6.07) is 1.99. The molecular formula is C20H34N4O. The topological polar surface area (TPSA) is 58.1 Å². The number of nitrogens with zero attached hydrogens (tertiary/aromatic N) is 3. The van der Waals surface area contributed by atoms with E-state index in [1.807, 2.05) is 19.9 Å². The van der Waals surface area contributed by atoms with Crippen molar-refractivity contribution in [2.75, 3.05) is 18.0 Å². The Labute approximate surface area is 152 Å². The van der Waals surface area contributed by atoms with Crippen LogP contribution in [0.2, 0.25) is 0 Å². The van der Waals surface area contributed by atoms with Gasteiger partial charge in [-0.25, -0.2) is 9.97 Å². The molecule has 1 N–H and O–H groups in total. The molecule has 1 aliphatic heterocycles. The standard InChI is InChI=1S/C20H34N4O/c1-14-12-15(2)22-18(21-14)24-10-8-16(9-11-24)17(25)23-20(6,7)13-19(3,4)5/h12,16H,8-11,13H2,1-7H3,(H,23,25). The molecule has 0 atom stereocenters. The molecule has 1 aromatic heterocycles. The molecule has 1 amide bonds. The molecule has 0 saturated carbocycles. The Morgan fingerprint density at radius 3 is 2.12 bits per heavy atom. The van der Waals surface area contributed by atoms with Crippen molar-refractivity contribution >= 4 is 11.9 Å². The van der Waals surface area contributed by atoms with Gasteiger partial charge in [-0.05, 0) is 58.4 Å². The van der Waals surface area contributed by atoms with Gasteiger partial charge in [0.25, 0.3) is 0 Å². The van der Waals surface area contributed by atoms with Crippen LogP contribution in [0.5, 0.6) is 0 Å². The minimum atomic E-state index is -0.177. The van der Waals surface area contributed by atoms with Crippen molar-refractivity contribution in [3.8, 4) is 0 Å². The van der Waals surface area contributed by atoms with Crippen molar-refractivity contribution in [2.45, 2.75) is 73.3 Å². The van der Waals surface area contributed by atoms with Crippen LogP contribution < -0.4 is 10.2 Å². The van der Waals surface area contributed by atoms with E-state index in [-0.39, 0.29) is 22.8 Å². The first-order valence-corrected chi connectivity index (χ1v) is 9.34. The quantitative estimate of drug-likeness (QED) is 0.904. The van der Waals surface area contributed by atoms with Crippen LogP contribution >= 0.6 is 0 Å². The number of piperidine rings is 1. The van der Waals surface area contributed by atoms with E-state index < -0.39 is 0 Å². The molecule has 140 valence electrons. The summed E-state index contributed by atoms with van der Waals surface area (Å²) in [6.45, 7) is 16.5. The fourth-order valence-electron chi connectivity index (χ4n) is 4.00. The molecule has 0 aromatic carbocycles. The minimum absolute atomic E-state index is 0.0846. The summed E-state index contributed by atoms with van der Waals surface area (Å²) in [7, 11) is 0. The third-order valence-corrected chi connectivity index (χ3v) is 4.55. The van der Waals surface area contributed by atoms with Crippen LogP contribution in [0.25, 0.3) is 0 Å². The zero-order chi connectivity index (χ0) is 18.8. The van der Waals surface area contributed by atoms with Crippen LogP contribution in [0.3, 0.4) is 0 Å². The Balaban J connectivity index is 1.92. The largest absolute Gasteiger partial charge is 0.351 e. The molecule has 5 heteroatoms. The van der Waals surface area contributed by atoms with E-state index >= 15 is 0 Å². The second kappa shape index (κ2) is 7.30. The lowest BCUT2D eigenvalue weighted by molar-refractivity contribution is -0.127. The van der Waals surface area contributed by atoms with Gasteiger partial charge in [-0.3, -0.25) is 4.79 Å². The van der Waals surface area contributed by atoms with Gasteiger partial charge < -0.3 is 10.2 Å². The maximum atomic E-state index is 12.7. The second-order valence-electron chi connectivity index (χ2n) is 9.32. The van der Waals surface area contributed by atoms with E-state index in [0.29, 0.717) is 0 Å². The lowest BCUT2D eigenvalue weighted by Crippen LogP contribution is -2.50. The minimum Gasteiger partial charge on any atom is -0.351 e. The van der Waals surface area contributed by atoms with Gasteiger partial charge in [0.2, 0.25) is 11.9 Å². The van der Waals surface area contributed by atoms with Crippen molar-refractivity contribution in [3.05, 3.63) is 17.5 Å². The molecule has 1 aliphatic rings. The van der Waals surface area contributed by atoms with E-state index in [4.69, 9.17) is 0 Å². The second-order valence-corrected chi connectivity index (χ2v) is 9.32. The monoisotopic (exact) mass is 346 g/mol. The Hall–Kier alpha value is -1.65. The zero-order valence-corrected chi connectivity index (χ0v) is 16.9. The molecule has 0 unspecified atom stereocenters. The maximum Gasteiger partial charge on any atom is 0.225 e. The highest BCUT2D eigenvalue weighted by Gasteiger charge is 2.32. The summed E-state index contributed by atoms with van der Waals surface area (Å²) in [5.41, 5.74) is 2.00. The molecule has 1 saturated heterocycles. The Morgan fingerprint density at radius 1 is 1.12 bits per heavy atom. The summed E-state index contributed by atoms with van der Waals surface area (Å²) in [4.78, 5) is 24.0. The first-order chi connectivity index (χ1) is 11.5. The lowest BCUT2D eigenvalue weighted by atomic mass is 9.81. The van der Waals surface area contributed by atoms with Crippen molar-refractivity contribution in [3.63, 3.8) is 0 Å². The zero-order valence-electron chi connectivity index (χ0n) is 16.9. The van der Waals surface area contributed by atoms with Crippen LogP contribution in [0.15, 0.2) is 6.07 Å². The van der Waals surface area contributed by atoms with E-state index in [0.717, 1.165) is 49.7 Å². The summed E-state index contributed by atoms with van der Waals surface area (Å²) in [6.07, 6.45) is 2.67. The number of rotatable bonds is 4. The van der Waals surface area contributed by atoms with Crippen molar-refractivity contribution in [1.82, 2.24) is 15.3 Å². The molecule has 5 nitrogen and oxygen atoms in total. The number of carbonyl (C=O) groups is 1. The molecule has 2 rings (SSSR count). The summed E-state index contributed by atoms with van der Waals surface area (Å²) in [5, 5.41) is 3.27. The molecule has 1 fully saturated rings. The number of aryl methyl sites for hydroxylation is 2.